The summed E-state index contributed by atoms with van der Waals surface area (Å²) < 4.78 is 5.35. The first-order chi connectivity index (χ1) is 12.3. The van der Waals surface area contributed by atoms with E-state index in [-0.39, 0.29) is 0 Å². The summed E-state index contributed by atoms with van der Waals surface area (Å²) in [6.07, 6.45) is 2.62. The highest BCUT2D eigenvalue weighted by molar-refractivity contribution is 5.56. The maximum Gasteiger partial charge on any atom is 0.244 e. The van der Waals surface area contributed by atoms with Crippen LogP contribution in [0.2, 0.25) is 0 Å². The summed E-state index contributed by atoms with van der Waals surface area (Å²) in [4.78, 5) is 4.44. The van der Waals surface area contributed by atoms with Gasteiger partial charge in [-0.15, -0.1) is 5.10 Å². The number of nitrogens with one attached hydrogen (secondary N) is 2. The van der Waals surface area contributed by atoms with Crippen molar-refractivity contribution in [2.75, 3.05) is 17.7 Å². The fraction of sp³-hybridized carbons (Fsp3) is 0.211. The van der Waals surface area contributed by atoms with Gasteiger partial charge in [0.05, 0.1) is 13.3 Å². The molecule has 0 atom stereocenters. The maximum atomic E-state index is 5.35. The monoisotopic (exact) mass is 335 g/mol. The van der Waals surface area contributed by atoms with Crippen molar-refractivity contribution in [1.82, 2.24) is 15.2 Å². The Morgan fingerprint density at radius 1 is 1.04 bits per heavy atom. The topological polar surface area (TPSA) is 72.0 Å². The summed E-state index contributed by atoms with van der Waals surface area (Å²) in [6.45, 7) is 2.69. The molecule has 0 aliphatic heterocycles. The van der Waals surface area contributed by atoms with Crippen LogP contribution in [0.4, 0.5) is 17.5 Å². The third kappa shape index (κ3) is 4.44. The molecule has 1 aromatic heterocycles. The van der Waals surface area contributed by atoms with Crippen LogP contribution in [0.5, 0.6) is 5.75 Å². The molecule has 0 aliphatic carbocycles. The Labute approximate surface area is 147 Å². The fourth-order valence-corrected chi connectivity index (χ4v) is 2.43. The Balaban J connectivity index is 1.66. The summed E-state index contributed by atoms with van der Waals surface area (Å²) in [5, 5.41) is 14.4. The first-order valence-electron chi connectivity index (χ1n) is 8.20. The number of benzene rings is 2. The molecule has 0 amide bonds. The van der Waals surface area contributed by atoms with Crippen LogP contribution < -0.4 is 15.4 Å². The lowest BCUT2D eigenvalue weighted by molar-refractivity contribution is 0.410. The molecule has 0 aliphatic rings. The number of methoxy groups -OCH3 is 1. The Hall–Kier alpha value is -3.15. The zero-order valence-corrected chi connectivity index (χ0v) is 14.4. The third-order valence-electron chi connectivity index (χ3n) is 3.82. The Bertz CT molecular complexity index is 820. The maximum absolute atomic E-state index is 5.35. The number of aromatic nitrogens is 3. The quantitative estimate of drug-likeness (QED) is 0.684. The minimum Gasteiger partial charge on any atom is -0.496 e. The minimum absolute atomic E-state index is 0.459. The molecule has 2 N–H and O–H groups in total. The minimum atomic E-state index is 0.459. The fourth-order valence-electron chi connectivity index (χ4n) is 2.43. The van der Waals surface area contributed by atoms with Crippen molar-refractivity contribution in [3.63, 3.8) is 0 Å². The zero-order valence-electron chi connectivity index (χ0n) is 14.4. The SMILES string of the molecule is CCc1ccc(Nc2cnnc(NCc3ccccc3OC)n2)cc1. The molecule has 25 heavy (non-hydrogen) atoms. The molecule has 0 saturated carbocycles. The van der Waals surface area contributed by atoms with E-state index in [2.05, 4.69) is 44.9 Å². The highest BCUT2D eigenvalue weighted by atomic mass is 16.5. The van der Waals surface area contributed by atoms with E-state index < -0.39 is 0 Å². The van der Waals surface area contributed by atoms with Crippen molar-refractivity contribution in [1.29, 1.82) is 0 Å². The summed E-state index contributed by atoms with van der Waals surface area (Å²) >= 11 is 0. The molecule has 6 nitrogen and oxygen atoms in total. The summed E-state index contributed by atoms with van der Waals surface area (Å²) in [7, 11) is 1.66. The summed E-state index contributed by atoms with van der Waals surface area (Å²) in [5.41, 5.74) is 3.29. The van der Waals surface area contributed by atoms with Crippen LogP contribution in [0.25, 0.3) is 0 Å². The largest absolute Gasteiger partial charge is 0.496 e. The molecular formula is C19H21N5O. The normalized spacial score (nSPS) is 10.3. The van der Waals surface area contributed by atoms with Crippen LogP contribution in [0, 0.1) is 0 Å². The number of nitrogens with zero attached hydrogens (tertiary/aromatic N) is 3. The van der Waals surface area contributed by atoms with E-state index in [1.54, 1.807) is 13.3 Å². The van der Waals surface area contributed by atoms with Gasteiger partial charge >= 0.3 is 0 Å². The number of anilines is 3. The Kier molecular flexibility index (Phi) is 5.41. The van der Waals surface area contributed by atoms with E-state index in [1.807, 2.05) is 36.4 Å². The number of hydrogen-bond donors (Lipinski definition) is 2. The average Bonchev–Trinajstić information content (AvgIpc) is 2.67. The van der Waals surface area contributed by atoms with Gasteiger partial charge in [0.2, 0.25) is 5.95 Å². The van der Waals surface area contributed by atoms with Crippen molar-refractivity contribution in [2.45, 2.75) is 19.9 Å². The average molecular weight is 335 g/mol. The molecular weight excluding hydrogens is 314 g/mol. The van der Waals surface area contributed by atoms with Crippen LogP contribution in [0.3, 0.4) is 0 Å². The molecule has 3 aromatic rings. The second-order valence-electron chi connectivity index (χ2n) is 5.51. The molecule has 2 aromatic carbocycles. The number of hydrogen-bond acceptors (Lipinski definition) is 6. The second kappa shape index (κ2) is 8.10. The number of rotatable bonds is 7. The lowest BCUT2D eigenvalue weighted by Gasteiger charge is -2.10. The first-order valence-corrected chi connectivity index (χ1v) is 8.20. The van der Waals surface area contributed by atoms with E-state index in [0.717, 1.165) is 23.4 Å². The Morgan fingerprint density at radius 3 is 2.60 bits per heavy atom. The van der Waals surface area contributed by atoms with E-state index in [9.17, 15) is 0 Å². The molecule has 6 heteroatoms. The smallest absolute Gasteiger partial charge is 0.244 e. The number of aryl methyl sites for hydroxylation is 1. The van der Waals surface area contributed by atoms with Gasteiger partial charge in [0, 0.05) is 17.8 Å². The molecule has 3 rings (SSSR count). The van der Waals surface area contributed by atoms with E-state index in [1.165, 1.54) is 5.56 Å². The van der Waals surface area contributed by atoms with Crippen LogP contribution in [0.15, 0.2) is 54.7 Å². The molecule has 128 valence electrons. The highest BCUT2D eigenvalue weighted by Gasteiger charge is 2.04. The van der Waals surface area contributed by atoms with E-state index in [0.29, 0.717) is 18.3 Å². The van der Waals surface area contributed by atoms with Gasteiger partial charge in [-0.25, -0.2) is 0 Å². The standard InChI is InChI=1S/C19H21N5O/c1-3-14-8-10-16(11-9-14)22-18-13-21-24-19(23-18)20-12-15-6-4-5-7-17(15)25-2/h4-11,13H,3,12H2,1-2H3,(H2,20,22,23,24). The zero-order chi connectivity index (χ0) is 17.5. The van der Waals surface area contributed by atoms with Gasteiger partial charge in [0.15, 0.2) is 5.82 Å². The van der Waals surface area contributed by atoms with Gasteiger partial charge in [0.25, 0.3) is 0 Å². The van der Waals surface area contributed by atoms with Gasteiger partial charge in [-0.05, 0) is 30.2 Å². The molecule has 0 unspecified atom stereocenters. The summed E-state index contributed by atoms with van der Waals surface area (Å²) in [5.74, 6) is 1.93. The first kappa shape index (κ1) is 16.7. The Morgan fingerprint density at radius 2 is 1.84 bits per heavy atom. The van der Waals surface area contributed by atoms with Crippen molar-refractivity contribution >= 4 is 17.5 Å². The molecule has 0 saturated heterocycles. The van der Waals surface area contributed by atoms with Gasteiger partial charge in [-0.3, -0.25) is 0 Å². The molecule has 1 heterocycles. The summed E-state index contributed by atoms with van der Waals surface area (Å²) in [6, 6.07) is 16.1. The van der Waals surface area contributed by atoms with E-state index >= 15 is 0 Å². The third-order valence-corrected chi connectivity index (χ3v) is 3.82. The van der Waals surface area contributed by atoms with Crippen LogP contribution in [-0.4, -0.2) is 22.3 Å². The van der Waals surface area contributed by atoms with Crippen LogP contribution in [0.1, 0.15) is 18.1 Å². The van der Waals surface area contributed by atoms with Crippen LogP contribution in [-0.2, 0) is 13.0 Å². The molecule has 0 fully saturated rings. The van der Waals surface area contributed by atoms with Crippen molar-refractivity contribution < 1.29 is 4.74 Å². The molecule has 0 bridgehead atoms. The predicted octanol–water partition coefficient (Wildman–Crippen LogP) is 3.80. The van der Waals surface area contributed by atoms with E-state index in [4.69, 9.17) is 4.74 Å². The van der Waals surface area contributed by atoms with Crippen LogP contribution >= 0.6 is 0 Å². The van der Waals surface area contributed by atoms with Gasteiger partial charge in [-0.1, -0.05) is 37.3 Å². The van der Waals surface area contributed by atoms with Gasteiger partial charge in [0.1, 0.15) is 5.75 Å². The predicted molar refractivity (Wildman–Crippen MR) is 99.3 cm³/mol. The van der Waals surface area contributed by atoms with Crippen molar-refractivity contribution in [3.05, 3.63) is 65.9 Å². The number of para-hydroxylation sites is 1. The lowest BCUT2D eigenvalue weighted by atomic mass is 10.1. The molecule has 0 radical (unpaired) electrons. The number of ether oxygens (including phenoxy) is 1. The van der Waals surface area contributed by atoms with Crippen molar-refractivity contribution in [2.24, 2.45) is 0 Å². The highest BCUT2D eigenvalue weighted by Crippen LogP contribution is 2.19. The van der Waals surface area contributed by atoms with Gasteiger partial charge < -0.3 is 15.4 Å². The second-order valence-corrected chi connectivity index (χ2v) is 5.51. The van der Waals surface area contributed by atoms with Gasteiger partial charge in [-0.2, -0.15) is 10.1 Å². The molecule has 0 spiro atoms. The van der Waals surface area contributed by atoms with Crippen molar-refractivity contribution in [3.8, 4) is 5.75 Å². The lowest BCUT2D eigenvalue weighted by Crippen LogP contribution is -2.07.